The molecule has 3 heterocycles. The van der Waals surface area contributed by atoms with E-state index in [1.807, 2.05) is 25.1 Å². The fourth-order valence-corrected chi connectivity index (χ4v) is 3.55. The predicted molar refractivity (Wildman–Crippen MR) is 112 cm³/mol. The molecule has 160 valence electrons. The molecule has 0 amide bonds. The van der Waals surface area contributed by atoms with Gasteiger partial charge in [-0.1, -0.05) is 12.1 Å². The first-order chi connectivity index (χ1) is 14.6. The lowest BCUT2D eigenvalue weighted by atomic mass is 10.0. The Balaban J connectivity index is 1.85. The van der Waals surface area contributed by atoms with E-state index in [9.17, 15) is 18.0 Å². The highest BCUT2D eigenvalue weighted by atomic mass is 19.4. The summed E-state index contributed by atoms with van der Waals surface area (Å²) in [6.07, 6.45) is -1.03. The number of aromatic nitrogens is 4. The van der Waals surface area contributed by atoms with Gasteiger partial charge in [-0.05, 0) is 50.3 Å². The van der Waals surface area contributed by atoms with Gasteiger partial charge in [0.1, 0.15) is 0 Å². The first kappa shape index (κ1) is 20.8. The number of fused-ring (bicyclic) bond motifs is 1. The van der Waals surface area contributed by atoms with Gasteiger partial charge >= 0.3 is 6.18 Å². The molecule has 0 aliphatic carbocycles. The van der Waals surface area contributed by atoms with E-state index in [1.54, 1.807) is 19.3 Å². The number of hydrogen-bond donors (Lipinski definition) is 1. The normalized spacial score (nSPS) is 12.1. The number of nitrogens with zero attached hydrogens (tertiary/aromatic N) is 4. The third kappa shape index (κ3) is 4.09. The summed E-state index contributed by atoms with van der Waals surface area (Å²) in [6.45, 7) is 2.43. The summed E-state index contributed by atoms with van der Waals surface area (Å²) in [7, 11) is 3.89. The van der Waals surface area contributed by atoms with Crippen LogP contribution in [0.25, 0.3) is 28.0 Å². The van der Waals surface area contributed by atoms with Crippen molar-refractivity contribution >= 4 is 5.65 Å². The number of hydrogen-bond acceptors (Lipinski definition) is 4. The molecule has 3 aromatic heterocycles. The molecule has 0 fully saturated rings. The van der Waals surface area contributed by atoms with Crippen LogP contribution >= 0.6 is 0 Å². The van der Waals surface area contributed by atoms with E-state index < -0.39 is 11.7 Å². The molecule has 0 radical (unpaired) electrons. The fraction of sp³-hybridized carbons (Fsp3) is 0.227. The number of aromatic amines is 1. The smallest absolute Gasteiger partial charge is 0.305 e. The van der Waals surface area contributed by atoms with E-state index in [2.05, 4.69) is 15.1 Å². The average molecular weight is 427 g/mol. The van der Waals surface area contributed by atoms with Crippen LogP contribution in [0.3, 0.4) is 0 Å². The zero-order chi connectivity index (χ0) is 22.3. The molecular formula is C22H20F3N5O. The zero-order valence-electron chi connectivity index (χ0n) is 17.2. The molecular weight excluding hydrogens is 407 g/mol. The molecule has 0 spiro atoms. The van der Waals surface area contributed by atoms with Gasteiger partial charge in [0.2, 0.25) is 0 Å². The van der Waals surface area contributed by atoms with Crippen LogP contribution in [0.4, 0.5) is 13.2 Å². The molecule has 0 unspecified atom stereocenters. The Morgan fingerprint density at radius 3 is 2.42 bits per heavy atom. The van der Waals surface area contributed by atoms with Gasteiger partial charge in [-0.25, -0.2) is 9.50 Å². The van der Waals surface area contributed by atoms with Crippen LogP contribution < -0.4 is 5.56 Å². The maximum absolute atomic E-state index is 12.9. The minimum atomic E-state index is -4.42. The van der Waals surface area contributed by atoms with Gasteiger partial charge in [-0.3, -0.25) is 14.9 Å². The average Bonchev–Trinajstić information content (AvgIpc) is 3.03. The molecule has 0 atom stereocenters. The van der Waals surface area contributed by atoms with E-state index in [0.29, 0.717) is 40.3 Å². The molecule has 4 rings (SSSR count). The Labute approximate surface area is 176 Å². The number of pyridine rings is 1. The number of rotatable bonds is 4. The predicted octanol–water partition coefficient (Wildman–Crippen LogP) is 4.14. The van der Waals surface area contributed by atoms with E-state index in [-0.39, 0.29) is 5.56 Å². The van der Waals surface area contributed by atoms with E-state index in [0.717, 1.165) is 17.7 Å². The van der Waals surface area contributed by atoms with Gasteiger partial charge in [0.25, 0.3) is 5.56 Å². The maximum Gasteiger partial charge on any atom is 0.416 e. The lowest BCUT2D eigenvalue weighted by Crippen LogP contribution is -2.15. The van der Waals surface area contributed by atoms with Crippen LogP contribution in [-0.4, -0.2) is 38.6 Å². The number of H-pyrrole nitrogens is 1. The maximum atomic E-state index is 12.9. The van der Waals surface area contributed by atoms with Crippen molar-refractivity contribution in [1.29, 1.82) is 0 Å². The quantitative estimate of drug-likeness (QED) is 0.532. The third-order valence-corrected chi connectivity index (χ3v) is 4.89. The Morgan fingerprint density at radius 2 is 1.77 bits per heavy atom. The van der Waals surface area contributed by atoms with Crippen LogP contribution in [0, 0.1) is 6.92 Å². The molecule has 0 aliphatic rings. The van der Waals surface area contributed by atoms with Gasteiger partial charge < -0.3 is 4.90 Å². The number of halogens is 3. The minimum absolute atomic E-state index is 0.320. The summed E-state index contributed by atoms with van der Waals surface area (Å²) in [5.41, 5.74) is 3.14. The van der Waals surface area contributed by atoms with Crippen molar-refractivity contribution in [3.8, 4) is 22.4 Å². The summed E-state index contributed by atoms with van der Waals surface area (Å²) in [4.78, 5) is 23.6. The first-order valence-electron chi connectivity index (χ1n) is 9.52. The van der Waals surface area contributed by atoms with Crippen molar-refractivity contribution in [3.63, 3.8) is 0 Å². The molecule has 0 saturated heterocycles. The summed E-state index contributed by atoms with van der Waals surface area (Å²) in [6, 6.07) is 8.15. The molecule has 9 heteroatoms. The van der Waals surface area contributed by atoms with E-state index >= 15 is 0 Å². The van der Waals surface area contributed by atoms with Crippen LogP contribution in [-0.2, 0) is 12.7 Å². The molecule has 1 N–H and O–H groups in total. The van der Waals surface area contributed by atoms with Crippen molar-refractivity contribution in [1.82, 2.24) is 24.5 Å². The molecule has 0 aliphatic heterocycles. The van der Waals surface area contributed by atoms with Crippen LogP contribution in [0.2, 0.25) is 0 Å². The monoisotopic (exact) mass is 427 g/mol. The molecule has 31 heavy (non-hydrogen) atoms. The number of benzene rings is 1. The Bertz CT molecular complexity index is 1300. The highest BCUT2D eigenvalue weighted by Gasteiger charge is 2.30. The second-order valence-electron chi connectivity index (χ2n) is 7.65. The van der Waals surface area contributed by atoms with Gasteiger partial charge in [0, 0.05) is 41.8 Å². The molecule has 0 saturated carbocycles. The molecule has 4 aromatic rings. The fourth-order valence-electron chi connectivity index (χ4n) is 3.55. The van der Waals surface area contributed by atoms with Gasteiger partial charge in [-0.15, -0.1) is 0 Å². The lowest BCUT2D eigenvalue weighted by Gasteiger charge is -2.10. The Hall–Kier alpha value is -3.46. The van der Waals surface area contributed by atoms with Crippen LogP contribution in [0.5, 0.6) is 0 Å². The molecule has 1 aromatic carbocycles. The summed E-state index contributed by atoms with van der Waals surface area (Å²) in [5.74, 6) is 0. The number of alkyl halides is 3. The summed E-state index contributed by atoms with van der Waals surface area (Å²) in [5, 5.41) is 2.95. The van der Waals surface area contributed by atoms with Crippen molar-refractivity contribution < 1.29 is 13.2 Å². The third-order valence-electron chi connectivity index (χ3n) is 4.89. The number of aryl methyl sites for hydroxylation is 1. The van der Waals surface area contributed by atoms with Crippen molar-refractivity contribution in [2.24, 2.45) is 0 Å². The number of nitrogens with one attached hydrogen (secondary N) is 1. The zero-order valence-corrected chi connectivity index (χ0v) is 17.2. The van der Waals surface area contributed by atoms with Crippen LogP contribution in [0.15, 0.2) is 53.6 Å². The first-order valence-corrected chi connectivity index (χ1v) is 9.52. The summed E-state index contributed by atoms with van der Waals surface area (Å²) < 4.78 is 40.1. The molecule has 6 nitrogen and oxygen atoms in total. The van der Waals surface area contributed by atoms with Crippen molar-refractivity contribution in [2.75, 3.05) is 14.1 Å². The highest BCUT2D eigenvalue weighted by Crippen LogP contribution is 2.33. The minimum Gasteiger partial charge on any atom is -0.305 e. The second-order valence-corrected chi connectivity index (χ2v) is 7.65. The Kier molecular flexibility index (Phi) is 5.14. The van der Waals surface area contributed by atoms with E-state index in [4.69, 9.17) is 0 Å². The standard InChI is InChI=1S/C22H20F3N5O/c1-13-20(15-4-6-17(7-5-15)22(23,24)25)21-27-18(9-19(31)30(21)28-13)16-8-14(10-26-11-16)12-29(2)3/h4-11,28H,12H2,1-3H3. The summed E-state index contributed by atoms with van der Waals surface area (Å²) >= 11 is 0. The highest BCUT2D eigenvalue weighted by molar-refractivity contribution is 5.81. The van der Waals surface area contributed by atoms with Crippen molar-refractivity contribution in [3.05, 3.63) is 76.0 Å². The Morgan fingerprint density at radius 1 is 1.06 bits per heavy atom. The van der Waals surface area contributed by atoms with Gasteiger partial charge in [0.15, 0.2) is 5.65 Å². The molecule has 0 bridgehead atoms. The van der Waals surface area contributed by atoms with Gasteiger partial charge in [0.05, 0.1) is 11.3 Å². The van der Waals surface area contributed by atoms with Gasteiger partial charge in [-0.2, -0.15) is 13.2 Å². The van der Waals surface area contributed by atoms with Crippen molar-refractivity contribution in [2.45, 2.75) is 19.6 Å². The van der Waals surface area contributed by atoms with Crippen LogP contribution in [0.1, 0.15) is 16.8 Å². The SMILES string of the molecule is Cc1[nH]n2c(=O)cc(-c3cncc(CN(C)C)c3)nc2c1-c1ccc(C(F)(F)F)cc1. The van der Waals surface area contributed by atoms with E-state index in [1.165, 1.54) is 22.7 Å². The largest absolute Gasteiger partial charge is 0.416 e. The lowest BCUT2D eigenvalue weighted by molar-refractivity contribution is -0.137. The topological polar surface area (TPSA) is 66.3 Å². The second kappa shape index (κ2) is 7.66.